The van der Waals surface area contributed by atoms with Gasteiger partial charge in [0.15, 0.2) is 0 Å². The van der Waals surface area contributed by atoms with Crippen LogP contribution < -0.4 is 5.73 Å². The molecule has 0 aliphatic rings. The van der Waals surface area contributed by atoms with Crippen molar-refractivity contribution in [1.29, 1.82) is 0 Å². The van der Waals surface area contributed by atoms with Gasteiger partial charge in [-0.1, -0.05) is 0 Å². The molecule has 1 atom stereocenters. The first-order valence-electron chi connectivity index (χ1n) is 4.62. The van der Waals surface area contributed by atoms with E-state index in [1.54, 1.807) is 23.7 Å². The second kappa shape index (κ2) is 5.06. The Labute approximate surface area is 93.4 Å². The number of aromatic nitrogens is 2. The number of H-pyrrole nitrogens is 1. The number of nitrogens with one attached hydrogen (secondary N) is 1. The number of thioether (sulfide) groups is 1. The third-order valence-corrected chi connectivity index (χ3v) is 3.09. The van der Waals surface area contributed by atoms with E-state index in [-0.39, 0.29) is 11.9 Å². The Balaban J connectivity index is 2.73. The van der Waals surface area contributed by atoms with Crippen molar-refractivity contribution < 1.29 is 4.79 Å². The summed E-state index contributed by atoms with van der Waals surface area (Å²) in [6.45, 7) is 2.00. The minimum absolute atomic E-state index is 0.119. The van der Waals surface area contributed by atoms with Crippen molar-refractivity contribution in [2.24, 2.45) is 0 Å². The van der Waals surface area contributed by atoms with Gasteiger partial charge in [0.1, 0.15) is 5.69 Å². The van der Waals surface area contributed by atoms with Crippen molar-refractivity contribution in [1.82, 2.24) is 15.1 Å². The molecule has 5 nitrogen and oxygen atoms in total. The summed E-state index contributed by atoms with van der Waals surface area (Å²) >= 11 is 1.71. The van der Waals surface area contributed by atoms with E-state index >= 15 is 0 Å². The third kappa shape index (κ3) is 2.65. The molecule has 0 aliphatic carbocycles. The maximum Gasteiger partial charge on any atom is 0.274 e. The second-order valence-corrected chi connectivity index (χ2v) is 4.33. The molecule has 1 rings (SSSR count). The number of amides is 1. The average Bonchev–Trinajstić information content (AvgIpc) is 2.62. The Morgan fingerprint density at radius 2 is 2.47 bits per heavy atom. The van der Waals surface area contributed by atoms with E-state index in [0.29, 0.717) is 11.4 Å². The summed E-state index contributed by atoms with van der Waals surface area (Å²) in [5.41, 5.74) is 6.36. The van der Waals surface area contributed by atoms with E-state index in [2.05, 4.69) is 10.2 Å². The molecule has 0 bridgehead atoms. The standard InChI is InChI=1S/C9H16N4OS/c1-6(5-15-3)13(2)9(14)8-7(10)4-11-12-8/h4,6H,5,10H2,1-3H3,(H,11,12). The fourth-order valence-corrected chi connectivity index (χ4v) is 1.90. The lowest BCUT2D eigenvalue weighted by Crippen LogP contribution is -2.37. The van der Waals surface area contributed by atoms with Gasteiger partial charge >= 0.3 is 0 Å². The van der Waals surface area contributed by atoms with Crippen molar-refractivity contribution in [2.75, 3.05) is 24.8 Å². The smallest absolute Gasteiger partial charge is 0.274 e. The first-order valence-corrected chi connectivity index (χ1v) is 6.02. The Morgan fingerprint density at radius 1 is 1.80 bits per heavy atom. The van der Waals surface area contributed by atoms with Gasteiger partial charge in [-0.05, 0) is 13.2 Å². The summed E-state index contributed by atoms with van der Waals surface area (Å²) in [6, 6.07) is 0.176. The predicted molar refractivity (Wildman–Crippen MR) is 62.9 cm³/mol. The van der Waals surface area contributed by atoms with Crippen LogP contribution in [0.5, 0.6) is 0 Å². The molecule has 1 aromatic rings. The van der Waals surface area contributed by atoms with Crippen molar-refractivity contribution in [2.45, 2.75) is 13.0 Å². The summed E-state index contributed by atoms with van der Waals surface area (Å²) in [7, 11) is 1.77. The summed E-state index contributed by atoms with van der Waals surface area (Å²) in [6.07, 6.45) is 3.46. The second-order valence-electron chi connectivity index (χ2n) is 3.42. The molecule has 1 unspecified atom stereocenters. The maximum absolute atomic E-state index is 11.9. The first kappa shape index (κ1) is 11.9. The summed E-state index contributed by atoms with van der Waals surface area (Å²) in [5.74, 6) is 0.780. The molecule has 0 saturated carbocycles. The van der Waals surface area contributed by atoms with Crippen LogP contribution in [0.2, 0.25) is 0 Å². The van der Waals surface area contributed by atoms with E-state index in [0.717, 1.165) is 5.75 Å². The summed E-state index contributed by atoms with van der Waals surface area (Å²) in [5, 5.41) is 6.34. The van der Waals surface area contributed by atoms with Crippen LogP contribution in [0.4, 0.5) is 5.69 Å². The number of hydrogen-bond acceptors (Lipinski definition) is 4. The van der Waals surface area contributed by atoms with Gasteiger partial charge in [0.05, 0.1) is 11.9 Å². The number of carbonyl (C=O) groups is 1. The Hall–Kier alpha value is -1.17. The van der Waals surface area contributed by atoms with Crippen LogP contribution in [0.3, 0.4) is 0 Å². The fourth-order valence-electron chi connectivity index (χ4n) is 1.20. The number of aromatic amines is 1. The van der Waals surface area contributed by atoms with Crippen molar-refractivity contribution in [3.63, 3.8) is 0 Å². The van der Waals surface area contributed by atoms with Crippen molar-refractivity contribution >= 4 is 23.4 Å². The Morgan fingerprint density at radius 3 is 2.93 bits per heavy atom. The van der Waals surface area contributed by atoms with Crippen LogP contribution in [-0.2, 0) is 0 Å². The topological polar surface area (TPSA) is 75.0 Å². The molecule has 84 valence electrons. The highest BCUT2D eigenvalue weighted by molar-refractivity contribution is 7.98. The van der Waals surface area contributed by atoms with E-state index in [4.69, 9.17) is 5.73 Å². The number of nitrogen functional groups attached to an aromatic ring is 1. The fraction of sp³-hybridized carbons (Fsp3) is 0.556. The van der Waals surface area contributed by atoms with Crippen molar-refractivity contribution in [3.05, 3.63) is 11.9 Å². The quantitative estimate of drug-likeness (QED) is 0.800. The molecular formula is C9H16N4OS. The first-order chi connectivity index (χ1) is 7.07. The molecule has 3 N–H and O–H groups in total. The van der Waals surface area contributed by atoms with Gasteiger partial charge in [-0.2, -0.15) is 16.9 Å². The van der Waals surface area contributed by atoms with Gasteiger partial charge in [-0.25, -0.2) is 0 Å². The van der Waals surface area contributed by atoms with Crippen LogP contribution in [-0.4, -0.2) is 46.1 Å². The maximum atomic E-state index is 11.9. The third-order valence-electron chi connectivity index (χ3n) is 2.27. The van der Waals surface area contributed by atoms with E-state index in [9.17, 15) is 4.79 Å². The van der Waals surface area contributed by atoms with Gasteiger partial charge < -0.3 is 10.6 Å². The molecule has 0 radical (unpaired) electrons. The molecule has 0 fully saturated rings. The van der Waals surface area contributed by atoms with E-state index in [1.807, 2.05) is 13.2 Å². The SMILES string of the molecule is CSCC(C)N(C)C(=O)c1[nH]ncc1N. The predicted octanol–water partition coefficient (Wildman–Crippen LogP) is 0.815. The molecule has 0 aromatic carbocycles. The molecular weight excluding hydrogens is 212 g/mol. The van der Waals surface area contributed by atoms with Gasteiger partial charge in [0, 0.05) is 18.8 Å². The molecule has 6 heteroatoms. The lowest BCUT2D eigenvalue weighted by Gasteiger charge is -2.23. The number of carbonyl (C=O) groups excluding carboxylic acids is 1. The average molecular weight is 228 g/mol. The lowest BCUT2D eigenvalue weighted by atomic mass is 10.3. The normalized spacial score (nSPS) is 12.5. The number of hydrogen-bond donors (Lipinski definition) is 2. The molecule has 0 aliphatic heterocycles. The van der Waals surface area contributed by atoms with Gasteiger partial charge in [0.2, 0.25) is 0 Å². The number of nitrogens with zero attached hydrogens (tertiary/aromatic N) is 2. The number of rotatable bonds is 4. The highest BCUT2D eigenvalue weighted by Crippen LogP contribution is 2.12. The van der Waals surface area contributed by atoms with E-state index < -0.39 is 0 Å². The molecule has 0 saturated heterocycles. The minimum atomic E-state index is -0.119. The van der Waals surface area contributed by atoms with E-state index in [1.165, 1.54) is 6.20 Å². The Bertz CT molecular complexity index is 339. The minimum Gasteiger partial charge on any atom is -0.396 e. The monoisotopic (exact) mass is 228 g/mol. The lowest BCUT2D eigenvalue weighted by molar-refractivity contribution is 0.0752. The zero-order valence-electron chi connectivity index (χ0n) is 9.15. The largest absolute Gasteiger partial charge is 0.396 e. The number of anilines is 1. The molecule has 0 spiro atoms. The molecule has 1 aromatic heterocycles. The zero-order chi connectivity index (χ0) is 11.4. The van der Waals surface area contributed by atoms with Gasteiger partial charge in [0.25, 0.3) is 5.91 Å². The van der Waals surface area contributed by atoms with Crippen LogP contribution in [0.1, 0.15) is 17.4 Å². The molecule has 1 amide bonds. The van der Waals surface area contributed by atoms with Crippen LogP contribution in [0.25, 0.3) is 0 Å². The number of nitrogens with two attached hydrogens (primary N) is 1. The highest BCUT2D eigenvalue weighted by atomic mass is 32.2. The summed E-state index contributed by atoms with van der Waals surface area (Å²) < 4.78 is 0. The molecule has 15 heavy (non-hydrogen) atoms. The van der Waals surface area contributed by atoms with Crippen LogP contribution in [0.15, 0.2) is 6.20 Å². The zero-order valence-corrected chi connectivity index (χ0v) is 9.97. The van der Waals surface area contributed by atoms with Crippen LogP contribution in [0, 0.1) is 0 Å². The van der Waals surface area contributed by atoms with Gasteiger partial charge in [-0.3, -0.25) is 9.89 Å². The Kier molecular flexibility index (Phi) is 4.02. The summed E-state index contributed by atoms with van der Waals surface area (Å²) in [4.78, 5) is 13.6. The van der Waals surface area contributed by atoms with Crippen LogP contribution >= 0.6 is 11.8 Å². The van der Waals surface area contributed by atoms with Gasteiger partial charge in [-0.15, -0.1) is 0 Å². The molecule has 1 heterocycles. The van der Waals surface area contributed by atoms with Crippen molar-refractivity contribution in [3.8, 4) is 0 Å². The highest BCUT2D eigenvalue weighted by Gasteiger charge is 2.20.